The molecule has 136 valence electrons. The third-order valence-electron chi connectivity index (χ3n) is 4.56. The fourth-order valence-electron chi connectivity index (χ4n) is 3.00. The van der Waals surface area contributed by atoms with Crippen LogP contribution in [0.4, 0.5) is 0 Å². The maximum absolute atomic E-state index is 4.65. The zero-order valence-electron chi connectivity index (χ0n) is 15.5. The van der Waals surface area contributed by atoms with E-state index in [1.54, 1.807) is 11.3 Å². The monoisotopic (exact) mass is 360 g/mol. The van der Waals surface area contributed by atoms with E-state index >= 15 is 0 Å². The van der Waals surface area contributed by atoms with E-state index in [2.05, 4.69) is 68.7 Å². The van der Waals surface area contributed by atoms with E-state index in [0.717, 1.165) is 43.5 Å². The van der Waals surface area contributed by atoms with Crippen molar-refractivity contribution in [2.24, 2.45) is 4.99 Å². The smallest absolute Gasteiger partial charge is 0.191 e. The van der Waals surface area contributed by atoms with Crippen LogP contribution in [0.2, 0.25) is 0 Å². The second kappa shape index (κ2) is 7.99. The molecule has 0 radical (unpaired) electrons. The van der Waals surface area contributed by atoms with Crippen LogP contribution in [0.1, 0.15) is 55.6 Å². The Morgan fingerprint density at radius 1 is 1.44 bits per heavy atom. The average molecular weight is 361 g/mol. The number of guanidine groups is 1. The minimum absolute atomic E-state index is 0.331. The van der Waals surface area contributed by atoms with Gasteiger partial charge in [-0.3, -0.25) is 4.99 Å². The summed E-state index contributed by atoms with van der Waals surface area (Å²) >= 11 is 1.80. The number of rotatable bonds is 5. The SMILES string of the molecule is CN=C(NCC(C)c1cccs1)NC1CCc2nc(C(C)C)nn2C1. The van der Waals surface area contributed by atoms with Crippen LogP contribution in [-0.4, -0.2) is 40.4 Å². The molecule has 0 spiro atoms. The maximum Gasteiger partial charge on any atom is 0.191 e. The van der Waals surface area contributed by atoms with Crippen LogP contribution in [0.3, 0.4) is 0 Å². The molecule has 7 heteroatoms. The summed E-state index contributed by atoms with van der Waals surface area (Å²) < 4.78 is 2.05. The summed E-state index contributed by atoms with van der Waals surface area (Å²) in [6, 6.07) is 4.62. The summed E-state index contributed by atoms with van der Waals surface area (Å²) in [5.41, 5.74) is 0. The second-order valence-electron chi connectivity index (χ2n) is 6.97. The Hall–Kier alpha value is -1.89. The van der Waals surface area contributed by atoms with Gasteiger partial charge < -0.3 is 10.6 Å². The van der Waals surface area contributed by atoms with Crippen molar-refractivity contribution in [3.8, 4) is 0 Å². The lowest BCUT2D eigenvalue weighted by Gasteiger charge is -2.25. The van der Waals surface area contributed by atoms with Gasteiger partial charge in [0.1, 0.15) is 5.82 Å². The third-order valence-corrected chi connectivity index (χ3v) is 5.66. The zero-order chi connectivity index (χ0) is 17.8. The highest BCUT2D eigenvalue weighted by molar-refractivity contribution is 7.10. The lowest BCUT2D eigenvalue weighted by molar-refractivity contribution is 0.391. The molecule has 0 saturated carbocycles. The molecule has 0 amide bonds. The molecule has 2 aromatic heterocycles. The molecule has 0 fully saturated rings. The van der Waals surface area contributed by atoms with Crippen molar-refractivity contribution < 1.29 is 0 Å². The molecular formula is C18H28N6S. The lowest BCUT2D eigenvalue weighted by atomic mass is 10.1. The summed E-state index contributed by atoms with van der Waals surface area (Å²) in [5.74, 6) is 3.76. The number of fused-ring (bicyclic) bond motifs is 1. The Kier molecular flexibility index (Phi) is 5.73. The Bertz CT molecular complexity index is 703. The lowest BCUT2D eigenvalue weighted by Crippen LogP contribution is -2.47. The van der Waals surface area contributed by atoms with E-state index in [9.17, 15) is 0 Å². The van der Waals surface area contributed by atoms with Gasteiger partial charge >= 0.3 is 0 Å². The van der Waals surface area contributed by atoms with E-state index in [0.29, 0.717) is 17.9 Å². The zero-order valence-corrected chi connectivity index (χ0v) is 16.3. The first-order chi connectivity index (χ1) is 12.1. The molecule has 6 nitrogen and oxygen atoms in total. The first kappa shape index (κ1) is 17.9. The van der Waals surface area contributed by atoms with Crippen LogP contribution >= 0.6 is 11.3 Å². The van der Waals surface area contributed by atoms with Crippen molar-refractivity contribution in [3.63, 3.8) is 0 Å². The van der Waals surface area contributed by atoms with Crippen LogP contribution in [0.25, 0.3) is 0 Å². The molecule has 3 heterocycles. The molecule has 2 N–H and O–H groups in total. The summed E-state index contributed by atoms with van der Waals surface area (Å²) in [7, 11) is 1.83. The number of hydrogen-bond donors (Lipinski definition) is 2. The second-order valence-corrected chi connectivity index (χ2v) is 7.95. The van der Waals surface area contributed by atoms with Crippen molar-refractivity contribution in [2.45, 2.75) is 58.0 Å². The predicted octanol–water partition coefficient (Wildman–Crippen LogP) is 2.75. The molecule has 0 bridgehead atoms. The van der Waals surface area contributed by atoms with Crippen LogP contribution in [0.5, 0.6) is 0 Å². The van der Waals surface area contributed by atoms with Gasteiger partial charge in [0, 0.05) is 42.8 Å². The van der Waals surface area contributed by atoms with Gasteiger partial charge in [-0.15, -0.1) is 11.3 Å². The highest BCUT2D eigenvalue weighted by Gasteiger charge is 2.23. The molecule has 1 aliphatic rings. The van der Waals surface area contributed by atoms with Crippen molar-refractivity contribution >= 4 is 17.3 Å². The normalized spacial score (nSPS) is 18.9. The fraction of sp³-hybridized carbons (Fsp3) is 0.611. The molecule has 2 atom stereocenters. The topological polar surface area (TPSA) is 67.1 Å². The Balaban J connectivity index is 1.54. The van der Waals surface area contributed by atoms with Gasteiger partial charge in [-0.05, 0) is 17.9 Å². The van der Waals surface area contributed by atoms with Crippen molar-refractivity contribution in [3.05, 3.63) is 34.0 Å². The fourth-order valence-corrected chi connectivity index (χ4v) is 3.79. The number of aryl methyl sites for hydroxylation is 1. The molecule has 0 saturated heterocycles. The van der Waals surface area contributed by atoms with E-state index < -0.39 is 0 Å². The van der Waals surface area contributed by atoms with E-state index in [-0.39, 0.29) is 0 Å². The molecule has 2 unspecified atom stereocenters. The van der Waals surface area contributed by atoms with Gasteiger partial charge in [0.25, 0.3) is 0 Å². The van der Waals surface area contributed by atoms with Gasteiger partial charge in [0.15, 0.2) is 11.8 Å². The number of aromatic nitrogens is 3. The van der Waals surface area contributed by atoms with Crippen molar-refractivity contribution in [1.82, 2.24) is 25.4 Å². The largest absolute Gasteiger partial charge is 0.356 e. The highest BCUT2D eigenvalue weighted by Crippen LogP contribution is 2.20. The van der Waals surface area contributed by atoms with Gasteiger partial charge in [-0.25, -0.2) is 9.67 Å². The number of thiophene rings is 1. The standard InChI is InChI=1S/C18H28N6S/c1-12(2)17-22-16-8-7-14(11-24(16)23-17)21-18(19-4)20-10-13(3)15-6-5-9-25-15/h5-6,9,12-14H,7-8,10-11H2,1-4H3,(H2,19,20,21). The number of hydrogen-bond acceptors (Lipinski definition) is 4. The first-order valence-corrected chi connectivity index (χ1v) is 9.89. The third kappa shape index (κ3) is 4.39. The minimum atomic E-state index is 0.331. The Morgan fingerprint density at radius 3 is 2.96 bits per heavy atom. The molecular weight excluding hydrogens is 332 g/mol. The summed E-state index contributed by atoms with van der Waals surface area (Å²) in [6.45, 7) is 8.23. The van der Waals surface area contributed by atoms with Gasteiger partial charge in [-0.1, -0.05) is 26.8 Å². The number of nitrogens with zero attached hydrogens (tertiary/aromatic N) is 4. The Morgan fingerprint density at radius 2 is 2.28 bits per heavy atom. The minimum Gasteiger partial charge on any atom is -0.356 e. The molecule has 3 rings (SSSR count). The Labute approximate surface area is 153 Å². The predicted molar refractivity (Wildman–Crippen MR) is 103 cm³/mol. The van der Waals surface area contributed by atoms with Crippen LogP contribution < -0.4 is 10.6 Å². The molecule has 0 aromatic carbocycles. The van der Waals surface area contributed by atoms with Crippen LogP contribution in [0, 0.1) is 0 Å². The summed E-state index contributed by atoms with van der Waals surface area (Å²) in [5, 5.41) is 13.8. The molecule has 25 heavy (non-hydrogen) atoms. The van der Waals surface area contributed by atoms with Crippen molar-refractivity contribution in [1.29, 1.82) is 0 Å². The quantitative estimate of drug-likeness (QED) is 0.635. The first-order valence-electron chi connectivity index (χ1n) is 9.01. The maximum atomic E-state index is 4.65. The molecule has 2 aromatic rings. The summed E-state index contributed by atoms with van der Waals surface area (Å²) in [4.78, 5) is 10.4. The van der Waals surface area contributed by atoms with E-state index in [1.807, 2.05) is 7.05 Å². The van der Waals surface area contributed by atoms with Gasteiger partial charge in [0.05, 0.1) is 6.54 Å². The average Bonchev–Trinajstić information content (AvgIpc) is 3.27. The van der Waals surface area contributed by atoms with Crippen LogP contribution in [-0.2, 0) is 13.0 Å². The summed E-state index contributed by atoms with van der Waals surface area (Å²) in [6.07, 6.45) is 2.01. The number of aliphatic imine (C=N–C) groups is 1. The van der Waals surface area contributed by atoms with E-state index in [4.69, 9.17) is 0 Å². The molecule has 0 aliphatic carbocycles. The number of nitrogens with one attached hydrogen (secondary N) is 2. The highest BCUT2D eigenvalue weighted by atomic mass is 32.1. The van der Waals surface area contributed by atoms with Crippen LogP contribution in [0.15, 0.2) is 22.5 Å². The molecule has 1 aliphatic heterocycles. The van der Waals surface area contributed by atoms with Gasteiger partial charge in [0.2, 0.25) is 0 Å². The van der Waals surface area contributed by atoms with E-state index in [1.165, 1.54) is 4.88 Å². The van der Waals surface area contributed by atoms with Gasteiger partial charge in [-0.2, -0.15) is 5.10 Å². The van der Waals surface area contributed by atoms with Crippen molar-refractivity contribution in [2.75, 3.05) is 13.6 Å².